The van der Waals surface area contributed by atoms with Crippen LogP contribution in [0.1, 0.15) is 49.8 Å². The molecule has 0 unspecified atom stereocenters. The second-order valence-electron chi connectivity index (χ2n) is 11.6. The fourth-order valence-electron chi connectivity index (χ4n) is 8.06. The second kappa shape index (κ2) is 10.2. The molecular weight excluding hydrogens is 520 g/mol. The summed E-state index contributed by atoms with van der Waals surface area (Å²) in [6.45, 7) is 8.24. The molecule has 4 aliphatic rings. The minimum absolute atomic E-state index is 0.0813. The van der Waals surface area contributed by atoms with Gasteiger partial charge in [0.15, 0.2) is 11.5 Å². The molecule has 0 aromatic heterocycles. The molecule has 1 saturated carbocycles. The molecule has 2 aliphatic carbocycles. The highest BCUT2D eigenvalue weighted by Crippen LogP contribution is 2.67. The topological polar surface area (TPSA) is 85.4 Å². The van der Waals surface area contributed by atoms with Gasteiger partial charge in [0.2, 0.25) is 5.91 Å². The van der Waals surface area contributed by atoms with Gasteiger partial charge in [-0.2, -0.15) is 0 Å². The Morgan fingerprint density at radius 2 is 1.90 bits per heavy atom. The summed E-state index contributed by atoms with van der Waals surface area (Å²) in [4.78, 5) is 42.5. The lowest BCUT2D eigenvalue weighted by molar-refractivity contribution is -0.222. The van der Waals surface area contributed by atoms with E-state index in [1.54, 1.807) is 17.0 Å². The number of esters is 2. The molecule has 2 aliphatic heterocycles. The van der Waals surface area contributed by atoms with E-state index in [-0.39, 0.29) is 24.0 Å². The van der Waals surface area contributed by atoms with Crippen molar-refractivity contribution in [3.8, 4) is 11.5 Å². The number of hydrogen-bond donors (Lipinski definition) is 0. The average Bonchev–Trinajstić information content (AvgIpc) is 3.29. The van der Waals surface area contributed by atoms with Gasteiger partial charge in [-0.15, -0.1) is 6.58 Å². The van der Waals surface area contributed by atoms with E-state index in [0.29, 0.717) is 43.7 Å². The largest absolute Gasteiger partial charge is 0.483 e. The van der Waals surface area contributed by atoms with Crippen LogP contribution in [0.25, 0.3) is 6.08 Å². The summed E-state index contributed by atoms with van der Waals surface area (Å²) in [5.74, 6) is -0.0161. The number of likely N-dealkylation sites (tertiary alicyclic amines) is 1. The molecule has 6 rings (SSSR count). The van der Waals surface area contributed by atoms with Crippen LogP contribution in [0.4, 0.5) is 0 Å². The third-order valence-electron chi connectivity index (χ3n) is 9.49. The van der Waals surface area contributed by atoms with Crippen molar-refractivity contribution < 1.29 is 28.6 Å². The normalized spacial score (nSPS) is 29.3. The van der Waals surface area contributed by atoms with E-state index >= 15 is 0 Å². The monoisotopic (exact) mass is 556 g/mol. The summed E-state index contributed by atoms with van der Waals surface area (Å²) >= 11 is 0. The second-order valence-corrected chi connectivity index (χ2v) is 11.6. The zero-order valence-corrected chi connectivity index (χ0v) is 23.8. The predicted molar refractivity (Wildman–Crippen MR) is 153 cm³/mol. The number of carbonyl (C=O) groups excluding carboxylic acids is 3. The molecule has 2 aromatic carbocycles. The van der Waals surface area contributed by atoms with Crippen molar-refractivity contribution in [3.05, 3.63) is 77.9 Å². The minimum Gasteiger partial charge on any atom is -0.483 e. The number of benzene rings is 2. The number of amides is 1. The molecule has 41 heavy (non-hydrogen) atoms. The minimum atomic E-state index is -0.863. The van der Waals surface area contributed by atoms with E-state index in [1.807, 2.05) is 55.6 Å². The molecule has 2 bridgehead atoms. The van der Waals surface area contributed by atoms with Crippen molar-refractivity contribution in [1.82, 2.24) is 9.80 Å². The molecule has 5 atom stereocenters. The molecule has 8 heteroatoms. The molecular formula is C33H36N2O6. The Balaban J connectivity index is 1.47. The first-order valence-electron chi connectivity index (χ1n) is 14.3. The average molecular weight is 557 g/mol. The molecule has 214 valence electrons. The summed E-state index contributed by atoms with van der Waals surface area (Å²) in [5, 5.41) is 0. The van der Waals surface area contributed by atoms with Crippen LogP contribution in [0.3, 0.4) is 0 Å². The van der Waals surface area contributed by atoms with Crippen LogP contribution < -0.4 is 9.47 Å². The fourth-order valence-corrected chi connectivity index (χ4v) is 8.06. The van der Waals surface area contributed by atoms with Gasteiger partial charge in [0.25, 0.3) is 0 Å². The summed E-state index contributed by atoms with van der Waals surface area (Å²) in [6.07, 6.45) is 7.30. The number of rotatable bonds is 7. The Bertz CT molecular complexity index is 1440. The first-order chi connectivity index (χ1) is 19.7. The maximum absolute atomic E-state index is 13.5. The number of carbonyl (C=O) groups is 3. The van der Waals surface area contributed by atoms with Crippen molar-refractivity contribution in [3.63, 3.8) is 0 Å². The van der Waals surface area contributed by atoms with E-state index in [9.17, 15) is 14.4 Å². The van der Waals surface area contributed by atoms with E-state index in [2.05, 4.69) is 11.5 Å². The lowest BCUT2D eigenvalue weighted by atomic mass is 9.48. The molecule has 1 amide bonds. The lowest BCUT2D eigenvalue weighted by Crippen LogP contribution is -2.79. The van der Waals surface area contributed by atoms with Crippen molar-refractivity contribution >= 4 is 23.9 Å². The molecule has 1 saturated heterocycles. The predicted octanol–water partition coefficient (Wildman–Crippen LogP) is 4.06. The number of likely N-dealkylation sites (N-methyl/N-ethyl adjacent to an activating group) is 1. The Morgan fingerprint density at radius 1 is 1.12 bits per heavy atom. The maximum Gasteiger partial charge on any atom is 0.308 e. The third-order valence-corrected chi connectivity index (χ3v) is 9.49. The van der Waals surface area contributed by atoms with E-state index in [1.165, 1.54) is 13.8 Å². The zero-order chi connectivity index (χ0) is 28.9. The highest BCUT2D eigenvalue weighted by atomic mass is 16.6. The summed E-state index contributed by atoms with van der Waals surface area (Å²) < 4.78 is 18.9. The van der Waals surface area contributed by atoms with Gasteiger partial charge in [0, 0.05) is 45.6 Å². The van der Waals surface area contributed by atoms with Crippen LogP contribution >= 0.6 is 0 Å². The van der Waals surface area contributed by atoms with E-state index in [4.69, 9.17) is 14.2 Å². The van der Waals surface area contributed by atoms with Gasteiger partial charge in [-0.3, -0.25) is 19.3 Å². The first kappa shape index (κ1) is 27.3. The van der Waals surface area contributed by atoms with Gasteiger partial charge in [-0.05, 0) is 49.0 Å². The molecule has 2 fully saturated rings. The van der Waals surface area contributed by atoms with Crippen LogP contribution in [0.15, 0.2) is 61.2 Å². The first-order valence-corrected chi connectivity index (χ1v) is 14.3. The van der Waals surface area contributed by atoms with Crippen LogP contribution in [-0.2, 0) is 31.0 Å². The number of ether oxygens (including phenoxy) is 3. The van der Waals surface area contributed by atoms with Gasteiger partial charge < -0.3 is 19.1 Å². The molecule has 2 heterocycles. The van der Waals surface area contributed by atoms with Gasteiger partial charge in [-0.1, -0.05) is 42.5 Å². The van der Waals surface area contributed by atoms with Crippen molar-refractivity contribution in [2.45, 2.75) is 68.7 Å². The number of nitrogens with zero attached hydrogens (tertiary/aromatic N) is 2. The molecule has 0 N–H and O–H groups in total. The lowest BCUT2D eigenvalue weighted by Gasteiger charge is -2.65. The van der Waals surface area contributed by atoms with Crippen LogP contribution in [0.5, 0.6) is 11.5 Å². The van der Waals surface area contributed by atoms with Crippen molar-refractivity contribution in [1.29, 1.82) is 0 Å². The van der Waals surface area contributed by atoms with Gasteiger partial charge in [0.1, 0.15) is 11.7 Å². The van der Waals surface area contributed by atoms with Gasteiger partial charge in [0.05, 0.1) is 17.5 Å². The molecule has 1 spiro atoms. The van der Waals surface area contributed by atoms with Crippen molar-refractivity contribution in [2.24, 2.45) is 0 Å². The highest BCUT2D eigenvalue weighted by Gasteiger charge is 2.75. The Morgan fingerprint density at radius 3 is 2.61 bits per heavy atom. The quantitative estimate of drug-likeness (QED) is 0.220. The smallest absolute Gasteiger partial charge is 0.308 e. The molecule has 8 nitrogen and oxygen atoms in total. The van der Waals surface area contributed by atoms with Gasteiger partial charge in [-0.25, -0.2) is 0 Å². The Kier molecular flexibility index (Phi) is 6.77. The van der Waals surface area contributed by atoms with Gasteiger partial charge >= 0.3 is 11.9 Å². The summed E-state index contributed by atoms with van der Waals surface area (Å²) in [5.41, 5.74) is 1.43. The van der Waals surface area contributed by atoms with Crippen LogP contribution in [0, 0.1) is 0 Å². The number of hydrogen-bond acceptors (Lipinski definition) is 7. The van der Waals surface area contributed by atoms with E-state index < -0.39 is 23.1 Å². The summed E-state index contributed by atoms with van der Waals surface area (Å²) in [6, 6.07) is 13.1. The third kappa shape index (κ3) is 4.10. The Labute approximate surface area is 240 Å². The SMILES string of the molecule is C=CCN1CC[C@]23c4c5ccc(OC(C)=O)c4O[C@H]2[C@H](N(C)C(=O)C=Cc2ccccc2)CC[C@@]3(OC(C)=O)[C@H]1C5. The van der Waals surface area contributed by atoms with Crippen LogP contribution in [-0.4, -0.2) is 71.6 Å². The molecule has 2 aromatic rings. The maximum atomic E-state index is 13.5. The Hall–Kier alpha value is -3.91. The standard InChI is InChI=1S/C33H36N2O6/c1-5-18-35-19-17-32-29-24-12-13-26(39-21(2)36)30(29)40-31(32)25(15-16-33(32,27(35)20-24)41-22(3)37)34(4)28(38)14-11-23-9-7-6-8-10-23/h5-14,25,27,31H,1,15-20H2,2-4H3/t25-,27-,31+,32+,33-/m1/s1. The fraction of sp³-hybridized carbons (Fsp3) is 0.424. The van der Waals surface area contributed by atoms with E-state index in [0.717, 1.165) is 23.2 Å². The summed E-state index contributed by atoms with van der Waals surface area (Å²) in [7, 11) is 1.81. The molecule has 0 radical (unpaired) electrons. The highest BCUT2D eigenvalue weighted by molar-refractivity contribution is 5.92. The zero-order valence-electron chi connectivity index (χ0n) is 23.8. The van der Waals surface area contributed by atoms with Crippen molar-refractivity contribution in [2.75, 3.05) is 20.1 Å². The number of piperidine rings is 1. The van der Waals surface area contributed by atoms with Crippen LogP contribution in [0.2, 0.25) is 0 Å².